The molecule has 2 aromatic carbocycles. The maximum atomic E-state index is 12.3. The minimum Gasteiger partial charge on any atom is -0.507 e. The lowest BCUT2D eigenvalue weighted by Crippen LogP contribution is -2.33. The van der Waals surface area contributed by atoms with Crippen LogP contribution >= 0.6 is 0 Å². The van der Waals surface area contributed by atoms with Gasteiger partial charge in [-0.05, 0) is 36.2 Å². The molecule has 0 aromatic heterocycles. The topological polar surface area (TPSA) is 57.6 Å². The highest BCUT2D eigenvalue weighted by atomic mass is 16.3. The van der Waals surface area contributed by atoms with E-state index in [-0.39, 0.29) is 11.3 Å². The Bertz CT molecular complexity index is 662. The highest BCUT2D eigenvalue weighted by Gasteiger charge is 2.21. The highest BCUT2D eigenvalue weighted by molar-refractivity contribution is 6.11. The third-order valence-corrected chi connectivity index (χ3v) is 3.35. The number of phenols is 1. The first-order chi connectivity index (χ1) is 10.0. The molecule has 4 heteroatoms. The number of aromatic hydroxyl groups is 1. The molecule has 0 saturated heterocycles. The molecule has 0 aliphatic carbocycles. The van der Waals surface area contributed by atoms with Crippen LogP contribution in [0, 0.1) is 0 Å². The molecule has 0 aliphatic rings. The van der Waals surface area contributed by atoms with Gasteiger partial charge in [-0.2, -0.15) is 0 Å². The van der Waals surface area contributed by atoms with Gasteiger partial charge in [-0.15, -0.1) is 0 Å². The van der Waals surface area contributed by atoms with Crippen molar-refractivity contribution in [2.24, 2.45) is 0 Å². The van der Waals surface area contributed by atoms with E-state index in [9.17, 15) is 14.7 Å². The summed E-state index contributed by atoms with van der Waals surface area (Å²) < 4.78 is 0. The number of carbonyl (C=O) groups excluding carboxylic acids is 2. The molecule has 0 fully saturated rings. The lowest BCUT2D eigenvalue weighted by atomic mass is 10.1. The first kappa shape index (κ1) is 14.8. The van der Waals surface area contributed by atoms with E-state index in [2.05, 4.69) is 0 Å². The van der Waals surface area contributed by atoms with E-state index < -0.39 is 11.8 Å². The molecule has 0 saturated carbocycles. The zero-order valence-electron chi connectivity index (χ0n) is 12.0. The largest absolute Gasteiger partial charge is 0.507 e. The van der Waals surface area contributed by atoms with Crippen molar-refractivity contribution in [1.82, 2.24) is 4.90 Å². The lowest BCUT2D eigenvalue weighted by Gasteiger charge is -2.16. The summed E-state index contributed by atoms with van der Waals surface area (Å²) in [5.74, 6) is -1.06. The van der Waals surface area contributed by atoms with E-state index >= 15 is 0 Å². The maximum Gasteiger partial charge on any atom is 0.264 e. The van der Waals surface area contributed by atoms with Gasteiger partial charge in [0.2, 0.25) is 0 Å². The fraction of sp³-hybridized carbons (Fsp3) is 0.176. The Labute approximate surface area is 123 Å². The number of benzene rings is 2. The standard InChI is InChI=1S/C17H17NO3/c1-3-12-8-10-13(11-9-12)16(20)18(2)17(21)14-6-4-5-7-15(14)19/h4-11,19H,3H2,1-2H3. The van der Waals surface area contributed by atoms with Crippen molar-refractivity contribution in [1.29, 1.82) is 0 Å². The van der Waals surface area contributed by atoms with Crippen molar-refractivity contribution in [2.45, 2.75) is 13.3 Å². The van der Waals surface area contributed by atoms with Gasteiger partial charge in [-0.3, -0.25) is 14.5 Å². The minimum atomic E-state index is -0.530. The summed E-state index contributed by atoms with van der Waals surface area (Å²) in [4.78, 5) is 25.6. The van der Waals surface area contributed by atoms with Crippen molar-refractivity contribution in [3.63, 3.8) is 0 Å². The molecule has 2 rings (SSSR count). The molecule has 0 bridgehead atoms. The van der Waals surface area contributed by atoms with Crippen molar-refractivity contribution < 1.29 is 14.7 Å². The number of phenolic OH excluding ortho intramolecular Hbond substituents is 1. The number of amides is 2. The molecule has 2 aromatic rings. The van der Waals surface area contributed by atoms with Crippen LogP contribution < -0.4 is 0 Å². The molecule has 0 spiro atoms. The van der Waals surface area contributed by atoms with Gasteiger partial charge in [0, 0.05) is 12.6 Å². The summed E-state index contributed by atoms with van der Waals surface area (Å²) in [6.07, 6.45) is 0.890. The summed E-state index contributed by atoms with van der Waals surface area (Å²) in [5, 5.41) is 9.69. The number of carbonyl (C=O) groups is 2. The van der Waals surface area contributed by atoms with Crippen LogP contribution in [0.5, 0.6) is 5.75 Å². The van der Waals surface area contributed by atoms with Crippen molar-refractivity contribution in [3.8, 4) is 5.75 Å². The summed E-state index contributed by atoms with van der Waals surface area (Å²) >= 11 is 0. The second-order valence-corrected chi connectivity index (χ2v) is 4.74. The summed E-state index contributed by atoms with van der Waals surface area (Å²) in [5.41, 5.74) is 1.68. The third kappa shape index (κ3) is 3.11. The van der Waals surface area contributed by atoms with Gasteiger partial charge >= 0.3 is 0 Å². The molecule has 0 unspecified atom stereocenters. The van der Waals surface area contributed by atoms with E-state index in [1.165, 1.54) is 19.2 Å². The number of hydrogen-bond donors (Lipinski definition) is 1. The second-order valence-electron chi connectivity index (χ2n) is 4.74. The molecule has 1 N–H and O–H groups in total. The number of imide groups is 1. The number of rotatable bonds is 3. The molecule has 0 atom stereocenters. The van der Waals surface area contributed by atoms with Gasteiger partial charge in [0.15, 0.2) is 0 Å². The number of para-hydroxylation sites is 1. The Morgan fingerprint density at radius 1 is 1.00 bits per heavy atom. The molecule has 0 radical (unpaired) electrons. The first-order valence-corrected chi connectivity index (χ1v) is 6.74. The van der Waals surface area contributed by atoms with Crippen LogP contribution in [0.1, 0.15) is 33.2 Å². The van der Waals surface area contributed by atoms with Gasteiger partial charge in [-0.1, -0.05) is 31.2 Å². The Kier molecular flexibility index (Phi) is 4.38. The fourth-order valence-corrected chi connectivity index (χ4v) is 2.00. The zero-order chi connectivity index (χ0) is 15.4. The highest BCUT2D eigenvalue weighted by Crippen LogP contribution is 2.18. The van der Waals surface area contributed by atoms with Gasteiger partial charge in [-0.25, -0.2) is 0 Å². The van der Waals surface area contributed by atoms with Gasteiger partial charge in [0.1, 0.15) is 5.75 Å². The van der Waals surface area contributed by atoms with E-state index in [0.29, 0.717) is 5.56 Å². The summed E-state index contributed by atoms with van der Waals surface area (Å²) in [6.45, 7) is 2.03. The lowest BCUT2D eigenvalue weighted by molar-refractivity contribution is 0.0654. The smallest absolute Gasteiger partial charge is 0.264 e. The molecule has 2 amide bonds. The van der Waals surface area contributed by atoms with Crippen LogP contribution in [-0.4, -0.2) is 28.9 Å². The van der Waals surface area contributed by atoms with Crippen LogP contribution in [0.4, 0.5) is 0 Å². The molecule has 4 nitrogen and oxygen atoms in total. The van der Waals surface area contributed by atoms with Crippen molar-refractivity contribution in [2.75, 3.05) is 7.05 Å². The molecule has 0 aliphatic heterocycles. The average Bonchev–Trinajstić information content (AvgIpc) is 2.53. The fourth-order valence-electron chi connectivity index (χ4n) is 2.00. The molecule has 21 heavy (non-hydrogen) atoms. The first-order valence-electron chi connectivity index (χ1n) is 6.74. The van der Waals surface area contributed by atoms with Gasteiger partial charge < -0.3 is 5.11 Å². The Morgan fingerprint density at radius 2 is 1.62 bits per heavy atom. The van der Waals surface area contributed by atoms with Crippen LogP contribution in [0.15, 0.2) is 48.5 Å². The molecular weight excluding hydrogens is 266 g/mol. The number of aryl methyl sites for hydroxylation is 1. The van der Waals surface area contributed by atoms with E-state index in [0.717, 1.165) is 16.9 Å². The molecular formula is C17H17NO3. The number of nitrogens with zero attached hydrogens (tertiary/aromatic N) is 1. The van der Waals surface area contributed by atoms with Crippen LogP contribution in [0.25, 0.3) is 0 Å². The van der Waals surface area contributed by atoms with Crippen LogP contribution in [-0.2, 0) is 6.42 Å². The Balaban J connectivity index is 2.22. The monoisotopic (exact) mass is 283 g/mol. The van der Waals surface area contributed by atoms with Gasteiger partial charge in [0.25, 0.3) is 11.8 Å². The molecule has 0 heterocycles. The Morgan fingerprint density at radius 3 is 2.19 bits per heavy atom. The van der Waals surface area contributed by atoms with Crippen molar-refractivity contribution in [3.05, 3.63) is 65.2 Å². The number of hydrogen-bond acceptors (Lipinski definition) is 3. The van der Waals surface area contributed by atoms with Gasteiger partial charge in [0.05, 0.1) is 5.56 Å². The Hall–Kier alpha value is -2.62. The van der Waals surface area contributed by atoms with E-state index in [4.69, 9.17) is 0 Å². The van der Waals surface area contributed by atoms with Crippen LogP contribution in [0.2, 0.25) is 0 Å². The van der Waals surface area contributed by atoms with Crippen molar-refractivity contribution >= 4 is 11.8 Å². The predicted molar refractivity (Wildman–Crippen MR) is 80.4 cm³/mol. The second kappa shape index (κ2) is 6.22. The van der Waals surface area contributed by atoms with E-state index in [1.54, 1.807) is 24.3 Å². The molecule has 108 valence electrons. The summed E-state index contributed by atoms with van der Waals surface area (Å²) in [7, 11) is 1.41. The zero-order valence-corrected chi connectivity index (χ0v) is 12.0. The normalized spacial score (nSPS) is 10.2. The third-order valence-electron chi connectivity index (χ3n) is 3.35. The predicted octanol–water partition coefficient (Wildman–Crippen LogP) is 2.87. The average molecular weight is 283 g/mol. The SMILES string of the molecule is CCc1ccc(C(=O)N(C)C(=O)c2ccccc2O)cc1. The quantitative estimate of drug-likeness (QED) is 0.881. The maximum absolute atomic E-state index is 12.3. The minimum absolute atomic E-state index is 0.110. The van der Waals surface area contributed by atoms with E-state index in [1.807, 2.05) is 19.1 Å². The summed E-state index contributed by atoms with van der Waals surface area (Å²) in [6, 6.07) is 13.3. The van der Waals surface area contributed by atoms with Crippen LogP contribution in [0.3, 0.4) is 0 Å².